The number of hydrogen-bond acceptors (Lipinski definition) is 6. The molecule has 1 aromatic heterocycles. The van der Waals surface area contributed by atoms with Crippen molar-refractivity contribution >= 4 is 40.3 Å². The monoisotopic (exact) mass is 491 g/mol. The number of nitrogens with one attached hydrogen (secondary N) is 1. The van der Waals surface area contributed by atoms with Crippen molar-refractivity contribution in [2.75, 3.05) is 36.9 Å². The van der Waals surface area contributed by atoms with Crippen LogP contribution >= 0.6 is 11.6 Å². The Morgan fingerprint density at radius 3 is 2.80 bits per heavy atom. The molecule has 182 valence electrons. The van der Waals surface area contributed by atoms with Gasteiger partial charge in [-0.25, -0.2) is 4.68 Å². The van der Waals surface area contributed by atoms with Gasteiger partial charge in [0, 0.05) is 20.1 Å². The SMILES string of the molecule is CCCN(C)c1cc2c(cc1Cl)NC(=O)CC(c1cccc(-n3nncc3CN3CCCC3)c1)=N2. The van der Waals surface area contributed by atoms with Gasteiger partial charge in [0.15, 0.2) is 0 Å². The molecule has 0 aliphatic carbocycles. The summed E-state index contributed by atoms with van der Waals surface area (Å²) in [4.78, 5) is 22.2. The van der Waals surface area contributed by atoms with Crippen LogP contribution in [0.15, 0.2) is 47.6 Å². The van der Waals surface area contributed by atoms with Crippen LogP contribution in [0.3, 0.4) is 0 Å². The second-order valence-corrected chi connectivity index (χ2v) is 9.60. The lowest BCUT2D eigenvalue weighted by molar-refractivity contribution is -0.115. The minimum absolute atomic E-state index is 0.117. The third kappa shape index (κ3) is 5.09. The van der Waals surface area contributed by atoms with Gasteiger partial charge in [0.05, 0.1) is 51.8 Å². The fourth-order valence-corrected chi connectivity index (χ4v) is 5.07. The van der Waals surface area contributed by atoms with Crippen molar-refractivity contribution in [3.05, 3.63) is 58.9 Å². The van der Waals surface area contributed by atoms with Crippen LogP contribution in [0, 0.1) is 0 Å². The molecule has 2 aliphatic rings. The summed E-state index contributed by atoms with van der Waals surface area (Å²) in [6.45, 7) is 6.04. The number of amides is 1. The van der Waals surface area contributed by atoms with Crippen molar-refractivity contribution in [2.24, 2.45) is 4.99 Å². The highest BCUT2D eigenvalue weighted by atomic mass is 35.5. The topological polar surface area (TPSA) is 78.7 Å². The normalized spacial score (nSPS) is 16.0. The van der Waals surface area contributed by atoms with E-state index in [1.54, 1.807) is 6.07 Å². The molecule has 1 fully saturated rings. The van der Waals surface area contributed by atoms with E-state index >= 15 is 0 Å². The Labute approximate surface area is 210 Å². The minimum atomic E-state index is -0.117. The summed E-state index contributed by atoms with van der Waals surface area (Å²) in [7, 11) is 2.01. The van der Waals surface area contributed by atoms with E-state index in [1.807, 2.05) is 48.3 Å². The molecule has 35 heavy (non-hydrogen) atoms. The molecular weight excluding hydrogens is 462 g/mol. The second-order valence-electron chi connectivity index (χ2n) is 9.20. The first-order valence-corrected chi connectivity index (χ1v) is 12.5. The van der Waals surface area contributed by atoms with Crippen molar-refractivity contribution in [2.45, 2.75) is 39.2 Å². The van der Waals surface area contributed by atoms with E-state index in [0.29, 0.717) is 22.1 Å². The van der Waals surface area contributed by atoms with E-state index in [0.717, 1.165) is 55.2 Å². The molecule has 0 spiro atoms. The summed E-state index contributed by atoms with van der Waals surface area (Å²) < 4.78 is 1.88. The Morgan fingerprint density at radius 1 is 1.17 bits per heavy atom. The van der Waals surface area contributed by atoms with Gasteiger partial charge in [0.25, 0.3) is 0 Å². The van der Waals surface area contributed by atoms with Crippen LogP contribution in [-0.4, -0.2) is 58.2 Å². The number of aromatic nitrogens is 3. The van der Waals surface area contributed by atoms with Crippen LogP contribution in [-0.2, 0) is 11.3 Å². The van der Waals surface area contributed by atoms with Crippen LogP contribution in [0.25, 0.3) is 5.69 Å². The Balaban J connectivity index is 1.50. The fraction of sp³-hybridized carbons (Fsp3) is 0.385. The number of hydrogen-bond donors (Lipinski definition) is 1. The van der Waals surface area contributed by atoms with Gasteiger partial charge in [0.1, 0.15) is 0 Å². The van der Waals surface area contributed by atoms with E-state index < -0.39 is 0 Å². The zero-order valence-corrected chi connectivity index (χ0v) is 20.9. The van der Waals surface area contributed by atoms with Gasteiger partial charge in [-0.15, -0.1) is 5.10 Å². The van der Waals surface area contributed by atoms with E-state index in [1.165, 1.54) is 12.8 Å². The minimum Gasteiger partial charge on any atom is -0.373 e. The molecule has 1 amide bonds. The molecule has 0 atom stereocenters. The van der Waals surface area contributed by atoms with Crippen molar-refractivity contribution in [1.82, 2.24) is 19.9 Å². The number of carbonyl (C=O) groups excluding carboxylic acids is 1. The zero-order valence-electron chi connectivity index (χ0n) is 20.2. The molecule has 3 heterocycles. The first-order valence-electron chi connectivity index (χ1n) is 12.2. The summed E-state index contributed by atoms with van der Waals surface area (Å²) in [5.41, 5.74) is 5.77. The Kier molecular flexibility index (Phi) is 6.83. The summed E-state index contributed by atoms with van der Waals surface area (Å²) in [6.07, 6.45) is 5.48. The maximum Gasteiger partial charge on any atom is 0.230 e. The van der Waals surface area contributed by atoms with Crippen LogP contribution in [0.4, 0.5) is 17.1 Å². The number of likely N-dealkylation sites (tertiary alicyclic amines) is 1. The maximum absolute atomic E-state index is 12.7. The van der Waals surface area contributed by atoms with Crippen LogP contribution in [0.2, 0.25) is 5.02 Å². The molecule has 8 nitrogen and oxygen atoms in total. The van der Waals surface area contributed by atoms with Crippen molar-refractivity contribution in [3.63, 3.8) is 0 Å². The van der Waals surface area contributed by atoms with Crippen LogP contribution in [0.5, 0.6) is 0 Å². The molecule has 1 N–H and O–H groups in total. The predicted octanol–water partition coefficient (Wildman–Crippen LogP) is 4.83. The number of halogens is 1. The smallest absolute Gasteiger partial charge is 0.230 e. The van der Waals surface area contributed by atoms with Gasteiger partial charge in [-0.05, 0) is 62.2 Å². The summed E-state index contributed by atoms with van der Waals surface area (Å²) in [5.74, 6) is -0.117. The lowest BCUT2D eigenvalue weighted by atomic mass is 10.1. The largest absolute Gasteiger partial charge is 0.373 e. The lowest BCUT2D eigenvalue weighted by Gasteiger charge is -2.21. The third-order valence-corrected chi connectivity index (χ3v) is 6.82. The molecule has 0 radical (unpaired) electrons. The third-order valence-electron chi connectivity index (χ3n) is 6.52. The number of anilines is 2. The number of nitrogens with zero attached hydrogens (tertiary/aromatic N) is 6. The number of rotatable bonds is 7. The highest BCUT2D eigenvalue weighted by molar-refractivity contribution is 6.34. The molecule has 2 aromatic carbocycles. The molecule has 3 aromatic rings. The van der Waals surface area contributed by atoms with Crippen molar-refractivity contribution in [1.29, 1.82) is 0 Å². The summed E-state index contributed by atoms with van der Waals surface area (Å²) >= 11 is 6.54. The van der Waals surface area contributed by atoms with E-state index in [4.69, 9.17) is 16.6 Å². The molecule has 0 unspecified atom stereocenters. The van der Waals surface area contributed by atoms with Gasteiger partial charge < -0.3 is 10.2 Å². The molecule has 9 heteroatoms. The summed E-state index contributed by atoms with van der Waals surface area (Å²) in [5, 5.41) is 12.1. The van der Waals surface area contributed by atoms with Gasteiger partial charge in [-0.1, -0.05) is 35.9 Å². The Hall–Kier alpha value is -3.23. The molecule has 2 aliphatic heterocycles. The molecular formula is C26H30ClN7O. The zero-order chi connectivity index (χ0) is 24.4. The quantitative estimate of drug-likeness (QED) is 0.512. The van der Waals surface area contributed by atoms with Crippen molar-refractivity contribution in [3.8, 4) is 5.69 Å². The van der Waals surface area contributed by atoms with Crippen molar-refractivity contribution < 1.29 is 4.79 Å². The average molecular weight is 492 g/mol. The Bertz CT molecular complexity index is 1260. The maximum atomic E-state index is 12.7. The van der Waals surface area contributed by atoms with E-state index in [2.05, 4.69) is 32.4 Å². The molecule has 1 saturated heterocycles. The highest BCUT2D eigenvalue weighted by Gasteiger charge is 2.21. The van der Waals surface area contributed by atoms with Gasteiger partial charge in [0.2, 0.25) is 5.91 Å². The Morgan fingerprint density at radius 2 is 2.00 bits per heavy atom. The standard InChI is InChI=1S/C26H30ClN7O/c1-3-9-32(2)25-14-24-23(13-21(25)27)30-26(35)15-22(29-24)18-7-6-8-19(12-18)34-20(16-28-31-34)17-33-10-4-5-11-33/h6-8,12-14,16H,3-5,9-11,15,17H2,1-2H3,(H,30,35). The molecule has 0 bridgehead atoms. The predicted molar refractivity (Wildman–Crippen MR) is 140 cm³/mol. The first kappa shape index (κ1) is 23.5. The van der Waals surface area contributed by atoms with Crippen LogP contribution < -0.4 is 10.2 Å². The molecule has 5 rings (SSSR count). The number of aliphatic imine (C=N–C) groups is 1. The highest BCUT2D eigenvalue weighted by Crippen LogP contribution is 2.38. The van der Waals surface area contributed by atoms with Crippen LogP contribution in [0.1, 0.15) is 43.9 Å². The lowest BCUT2D eigenvalue weighted by Crippen LogP contribution is -2.20. The summed E-state index contributed by atoms with van der Waals surface area (Å²) in [6, 6.07) is 11.7. The first-order chi connectivity index (χ1) is 17.0. The van der Waals surface area contributed by atoms with E-state index in [-0.39, 0.29) is 12.3 Å². The average Bonchev–Trinajstić information content (AvgIpc) is 3.49. The molecule has 0 saturated carbocycles. The number of carbonyl (C=O) groups is 1. The number of benzene rings is 2. The fourth-order valence-electron chi connectivity index (χ4n) is 4.76. The number of fused-ring (bicyclic) bond motifs is 1. The van der Waals surface area contributed by atoms with Gasteiger partial charge in [-0.3, -0.25) is 14.7 Å². The van der Waals surface area contributed by atoms with E-state index in [9.17, 15) is 4.79 Å². The van der Waals surface area contributed by atoms with Gasteiger partial charge >= 0.3 is 0 Å². The second kappa shape index (κ2) is 10.2. The van der Waals surface area contributed by atoms with Gasteiger partial charge in [-0.2, -0.15) is 0 Å².